The molecule has 0 saturated carbocycles. The van der Waals surface area contributed by atoms with Crippen molar-refractivity contribution in [3.63, 3.8) is 0 Å². The molecule has 0 radical (unpaired) electrons. The first-order chi connectivity index (χ1) is 15.2. The number of amides is 1. The van der Waals surface area contributed by atoms with E-state index in [0.29, 0.717) is 41.8 Å². The predicted octanol–water partition coefficient (Wildman–Crippen LogP) is 4.33. The molecule has 2 heterocycles. The summed E-state index contributed by atoms with van der Waals surface area (Å²) in [5, 5.41) is 3.75. The van der Waals surface area contributed by atoms with Crippen LogP contribution in [0.1, 0.15) is 22.0 Å². The number of morpholine rings is 1. The van der Waals surface area contributed by atoms with Gasteiger partial charge < -0.3 is 14.8 Å². The van der Waals surface area contributed by atoms with E-state index in [-0.39, 0.29) is 11.9 Å². The molecule has 3 aromatic rings. The fourth-order valence-corrected chi connectivity index (χ4v) is 3.77. The van der Waals surface area contributed by atoms with Crippen molar-refractivity contribution in [2.75, 3.05) is 32.8 Å². The topological polar surface area (TPSA) is 63.7 Å². The third-order valence-corrected chi connectivity index (χ3v) is 5.40. The van der Waals surface area contributed by atoms with Gasteiger partial charge in [0, 0.05) is 36.4 Å². The molecule has 1 fully saturated rings. The van der Waals surface area contributed by atoms with Crippen LogP contribution in [0.15, 0.2) is 73.1 Å². The van der Waals surface area contributed by atoms with Crippen molar-refractivity contribution >= 4 is 17.5 Å². The molecule has 0 spiro atoms. The fourth-order valence-electron chi connectivity index (χ4n) is 3.57. The van der Waals surface area contributed by atoms with Crippen molar-refractivity contribution in [1.82, 2.24) is 15.2 Å². The maximum Gasteiger partial charge on any atom is 0.251 e. The number of pyridine rings is 1. The van der Waals surface area contributed by atoms with E-state index in [1.54, 1.807) is 36.7 Å². The molecule has 0 bridgehead atoms. The lowest BCUT2D eigenvalue weighted by Gasteiger charge is -2.35. The summed E-state index contributed by atoms with van der Waals surface area (Å²) in [6.45, 7) is 3.47. The molecule has 1 amide bonds. The van der Waals surface area contributed by atoms with Crippen LogP contribution in [0.4, 0.5) is 0 Å². The Morgan fingerprint density at radius 3 is 2.61 bits per heavy atom. The van der Waals surface area contributed by atoms with Gasteiger partial charge in [0.05, 0.1) is 25.5 Å². The SMILES string of the molecule is O=C(NCC(c1cccc(Cl)c1)N1CCOCC1)c1ccc(Oc2cccnc2)cc1. The summed E-state index contributed by atoms with van der Waals surface area (Å²) in [6.07, 6.45) is 3.33. The minimum atomic E-state index is -0.131. The molecule has 1 unspecified atom stereocenters. The van der Waals surface area contributed by atoms with E-state index >= 15 is 0 Å². The van der Waals surface area contributed by atoms with Crippen molar-refractivity contribution in [3.8, 4) is 11.5 Å². The van der Waals surface area contributed by atoms with Gasteiger partial charge in [-0.05, 0) is 54.1 Å². The molecule has 1 saturated heterocycles. The summed E-state index contributed by atoms with van der Waals surface area (Å²) in [5.41, 5.74) is 1.65. The van der Waals surface area contributed by atoms with E-state index < -0.39 is 0 Å². The van der Waals surface area contributed by atoms with E-state index in [4.69, 9.17) is 21.1 Å². The molecule has 6 nitrogen and oxygen atoms in total. The van der Waals surface area contributed by atoms with Gasteiger partial charge >= 0.3 is 0 Å². The quantitative estimate of drug-likeness (QED) is 0.596. The smallest absolute Gasteiger partial charge is 0.251 e. The van der Waals surface area contributed by atoms with Crippen LogP contribution in [0.5, 0.6) is 11.5 Å². The van der Waals surface area contributed by atoms with Crippen molar-refractivity contribution in [1.29, 1.82) is 0 Å². The van der Waals surface area contributed by atoms with Crippen LogP contribution in [0, 0.1) is 0 Å². The first-order valence-electron chi connectivity index (χ1n) is 10.2. The third-order valence-electron chi connectivity index (χ3n) is 5.16. The van der Waals surface area contributed by atoms with Crippen LogP contribution in [-0.4, -0.2) is 48.6 Å². The average Bonchev–Trinajstić information content (AvgIpc) is 2.81. The number of aromatic nitrogens is 1. The Labute approximate surface area is 186 Å². The molecule has 1 atom stereocenters. The highest BCUT2D eigenvalue weighted by Crippen LogP contribution is 2.24. The van der Waals surface area contributed by atoms with Gasteiger partial charge in [-0.2, -0.15) is 0 Å². The number of nitrogens with zero attached hydrogens (tertiary/aromatic N) is 2. The molecule has 0 aliphatic carbocycles. The van der Waals surface area contributed by atoms with Gasteiger partial charge in [0.1, 0.15) is 11.5 Å². The first-order valence-corrected chi connectivity index (χ1v) is 10.6. The van der Waals surface area contributed by atoms with Crippen LogP contribution in [0.2, 0.25) is 5.02 Å². The van der Waals surface area contributed by atoms with E-state index in [0.717, 1.165) is 18.7 Å². The Hall–Kier alpha value is -2.93. The second kappa shape index (κ2) is 10.4. The molecule has 4 rings (SSSR count). The number of carbonyl (C=O) groups is 1. The molecule has 1 aliphatic heterocycles. The molecule has 31 heavy (non-hydrogen) atoms. The average molecular weight is 438 g/mol. The molecule has 2 aromatic carbocycles. The molecular formula is C24H24ClN3O3. The van der Waals surface area contributed by atoms with Crippen LogP contribution < -0.4 is 10.1 Å². The number of benzene rings is 2. The van der Waals surface area contributed by atoms with Gasteiger partial charge in [0.2, 0.25) is 0 Å². The van der Waals surface area contributed by atoms with Crippen LogP contribution in [0.3, 0.4) is 0 Å². The predicted molar refractivity (Wildman–Crippen MR) is 120 cm³/mol. The number of halogens is 1. The lowest BCUT2D eigenvalue weighted by Crippen LogP contribution is -2.43. The second-order valence-corrected chi connectivity index (χ2v) is 7.68. The van der Waals surface area contributed by atoms with Crippen molar-refractivity contribution in [2.45, 2.75) is 6.04 Å². The lowest BCUT2D eigenvalue weighted by molar-refractivity contribution is 0.0162. The Kier molecular flexibility index (Phi) is 7.14. The minimum Gasteiger partial charge on any atom is -0.456 e. The standard InChI is InChI=1S/C24H24ClN3O3/c25-20-4-1-3-19(15-20)23(28-11-13-30-14-12-28)17-27-24(29)18-6-8-21(9-7-18)31-22-5-2-10-26-16-22/h1-10,15-16,23H,11-14,17H2,(H,27,29). The van der Waals surface area contributed by atoms with Crippen LogP contribution in [0.25, 0.3) is 0 Å². The molecule has 1 aromatic heterocycles. The zero-order valence-electron chi connectivity index (χ0n) is 17.0. The Morgan fingerprint density at radius 1 is 1.10 bits per heavy atom. The van der Waals surface area contributed by atoms with E-state index in [9.17, 15) is 4.79 Å². The van der Waals surface area contributed by atoms with E-state index in [2.05, 4.69) is 15.2 Å². The Morgan fingerprint density at radius 2 is 1.90 bits per heavy atom. The highest BCUT2D eigenvalue weighted by Gasteiger charge is 2.23. The van der Waals surface area contributed by atoms with Gasteiger partial charge in [0.15, 0.2) is 0 Å². The highest BCUT2D eigenvalue weighted by atomic mass is 35.5. The van der Waals surface area contributed by atoms with Crippen molar-refractivity contribution in [2.24, 2.45) is 0 Å². The van der Waals surface area contributed by atoms with Crippen LogP contribution >= 0.6 is 11.6 Å². The van der Waals surface area contributed by atoms with Gasteiger partial charge in [-0.15, -0.1) is 0 Å². The summed E-state index contributed by atoms with van der Waals surface area (Å²) >= 11 is 6.21. The zero-order valence-corrected chi connectivity index (χ0v) is 17.8. The molecule has 1 N–H and O–H groups in total. The zero-order chi connectivity index (χ0) is 21.5. The monoisotopic (exact) mass is 437 g/mol. The van der Waals surface area contributed by atoms with Gasteiger partial charge in [0.25, 0.3) is 5.91 Å². The lowest BCUT2D eigenvalue weighted by atomic mass is 10.0. The molecular weight excluding hydrogens is 414 g/mol. The molecule has 160 valence electrons. The number of rotatable bonds is 7. The summed E-state index contributed by atoms with van der Waals surface area (Å²) < 4.78 is 11.2. The third kappa shape index (κ3) is 5.82. The summed E-state index contributed by atoms with van der Waals surface area (Å²) in [6, 6.07) is 18.5. The normalized spacial score (nSPS) is 15.3. The number of ether oxygens (including phenoxy) is 2. The van der Waals surface area contributed by atoms with Gasteiger partial charge in [-0.1, -0.05) is 23.7 Å². The minimum absolute atomic E-state index is 0.0275. The summed E-state index contributed by atoms with van der Waals surface area (Å²) in [7, 11) is 0. The fraction of sp³-hybridized carbons (Fsp3) is 0.250. The maximum atomic E-state index is 12.8. The number of carbonyl (C=O) groups excluding carboxylic acids is 1. The number of hydrogen-bond donors (Lipinski definition) is 1. The molecule has 1 aliphatic rings. The molecule has 7 heteroatoms. The van der Waals surface area contributed by atoms with Gasteiger partial charge in [-0.3, -0.25) is 14.7 Å². The van der Waals surface area contributed by atoms with Crippen LogP contribution in [-0.2, 0) is 4.74 Å². The second-order valence-electron chi connectivity index (χ2n) is 7.24. The van der Waals surface area contributed by atoms with Crippen molar-refractivity contribution < 1.29 is 14.3 Å². The highest BCUT2D eigenvalue weighted by molar-refractivity contribution is 6.30. The maximum absolute atomic E-state index is 12.8. The number of nitrogens with one attached hydrogen (secondary N) is 1. The summed E-state index contributed by atoms with van der Waals surface area (Å²) in [5.74, 6) is 1.16. The van der Waals surface area contributed by atoms with E-state index in [1.807, 2.05) is 36.4 Å². The van der Waals surface area contributed by atoms with Crippen molar-refractivity contribution in [3.05, 3.63) is 89.2 Å². The summed E-state index contributed by atoms with van der Waals surface area (Å²) in [4.78, 5) is 19.1. The first kappa shape index (κ1) is 21.3. The van der Waals surface area contributed by atoms with E-state index in [1.165, 1.54) is 0 Å². The Bertz CT molecular complexity index is 992. The van der Waals surface area contributed by atoms with Gasteiger partial charge in [-0.25, -0.2) is 0 Å². The largest absolute Gasteiger partial charge is 0.456 e. The number of hydrogen-bond acceptors (Lipinski definition) is 5. The Balaban J connectivity index is 1.41.